The minimum Gasteiger partial charge on any atom is -0.487 e. The Balaban J connectivity index is 1.41. The van der Waals surface area contributed by atoms with Crippen LogP contribution < -0.4 is 4.74 Å². The maximum absolute atomic E-state index is 13.9. The van der Waals surface area contributed by atoms with Crippen molar-refractivity contribution in [3.05, 3.63) is 59.7 Å². The number of piperidine rings is 2. The van der Waals surface area contributed by atoms with Gasteiger partial charge in [-0.15, -0.1) is 0 Å². The van der Waals surface area contributed by atoms with Crippen molar-refractivity contribution in [3.8, 4) is 5.75 Å². The Morgan fingerprint density at radius 1 is 1.00 bits per heavy atom. The Kier molecular flexibility index (Phi) is 7.23. The molecule has 34 heavy (non-hydrogen) atoms. The molecule has 1 amide bonds. The highest BCUT2D eigenvalue weighted by atomic mass is 32.2. The fourth-order valence-corrected chi connectivity index (χ4v) is 6.58. The molecule has 0 aromatic heterocycles. The summed E-state index contributed by atoms with van der Waals surface area (Å²) < 4.78 is 60.6. The third kappa shape index (κ3) is 5.41. The van der Waals surface area contributed by atoms with Crippen LogP contribution in [0.4, 0.5) is 8.78 Å². The van der Waals surface area contributed by atoms with Crippen molar-refractivity contribution >= 4 is 15.9 Å². The maximum Gasteiger partial charge on any atom is 0.253 e. The predicted octanol–water partition coefficient (Wildman–Crippen LogP) is 4.32. The number of ether oxygens (including phenoxy) is 1. The normalized spacial score (nSPS) is 22.5. The molecule has 2 aromatic rings. The van der Waals surface area contributed by atoms with Crippen LogP contribution >= 0.6 is 0 Å². The smallest absolute Gasteiger partial charge is 0.253 e. The fraction of sp³-hybridized carbons (Fsp3) is 0.480. The van der Waals surface area contributed by atoms with Crippen molar-refractivity contribution in [2.75, 3.05) is 26.2 Å². The zero-order valence-corrected chi connectivity index (χ0v) is 20.2. The first-order valence-electron chi connectivity index (χ1n) is 11.6. The van der Waals surface area contributed by atoms with Crippen LogP contribution in [0.3, 0.4) is 0 Å². The van der Waals surface area contributed by atoms with E-state index in [2.05, 4.69) is 13.8 Å². The van der Waals surface area contributed by atoms with Gasteiger partial charge in [0.2, 0.25) is 10.0 Å². The number of nitrogens with zero attached hydrogens (tertiary/aromatic N) is 2. The van der Waals surface area contributed by atoms with Gasteiger partial charge in [-0.05, 0) is 48.6 Å². The molecule has 0 bridgehead atoms. The molecule has 0 aliphatic carbocycles. The van der Waals surface area contributed by atoms with Gasteiger partial charge in [0.05, 0.1) is 4.90 Å². The number of sulfonamides is 1. The first kappa shape index (κ1) is 24.6. The lowest BCUT2D eigenvalue weighted by atomic mass is 9.94. The summed E-state index contributed by atoms with van der Waals surface area (Å²) in [7, 11) is -3.68. The maximum atomic E-state index is 13.9. The van der Waals surface area contributed by atoms with Crippen LogP contribution in [0.25, 0.3) is 0 Å². The van der Waals surface area contributed by atoms with E-state index in [1.807, 2.05) is 0 Å². The van der Waals surface area contributed by atoms with Crippen LogP contribution in [0, 0.1) is 23.5 Å². The molecular formula is C25H30F2N2O4S. The van der Waals surface area contributed by atoms with Crippen LogP contribution in [0.2, 0.25) is 0 Å². The van der Waals surface area contributed by atoms with Crippen LogP contribution in [-0.2, 0) is 10.0 Å². The fourth-order valence-electron chi connectivity index (χ4n) is 4.85. The first-order chi connectivity index (χ1) is 16.1. The second-order valence-corrected chi connectivity index (χ2v) is 11.4. The molecule has 2 saturated heterocycles. The summed E-state index contributed by atoms with van der Waals surface area (Å²) in [4.78, 5) is 14.9. The topological polar surface area (TPSA) is 66.9 Å². The summed E-state index contributed by atoms with van der Waals surface area (Å²) in [5.74, 6) is -1.10. The van der Waals surface area contributed by atoms with Crippen LogP contribution in [0.5, 0.6) is 5.75 Å². The summed E-state index contributed by atoms with van der Waals surface area (Å²) >= 11 is 0. The summed E-state index contributed by atoms with van der Waals surface area (Å²) in [5.41, 5.74) is 0.322. The van der Waals surface area contributed by atoms with E-state index in [0.29, 0.717) is 44.6 Å². The van der Waals surface area contributed by atoms with Gasteiger partial charge in [0, 0.05) is 50.7 Å². The zero-order valence-electron chi connectivity index (χ0n) is 19.4. The lowest BCUT2D eigenvalue weighted by Crippen LogP contribution is -2.43. The second kappa shape index (κ2) is 10.00. The van der Waals surface area contributed by atoms with E-state index in [1.54, 1.807) is 17.0 Å². The predicted molar refractivity (Wildman–Crippen MR) is 124 cm³/mol. The SMILES string of the molecule is CC1CC(C)CN(S(=O)(=O)c2cccc(C(=O)N3CCC(Oc4ccc(F)cc4F)CC3)c2)C1. The molecule has 2 aliphatic rings. The van der Waals surface area contributed by atoms with Crippen molar-refractivity contribution in [2.24, 2.45) is 11.8 Å². The van der Waals surface area contributed by atoms with E-state index in [1.165, 1.54) is 22.5 Å². The molecular weight excluding hydrogens is 462 g/mol. The average Bonchev–Trinajstić information content (AvgIpc) is 2.80. The van der Waals surface area contributed by atoms with E-state index in [9.17, 15) is 22.0 Å². The highest BCUT2D eigenvalue weighted by Crippen LogP contribution is 2.28. The van der Waals surface area contributed by atoms with Gasteiger partial charge in [-0.2, -0.15) is 4.31 Å². The zero-order chi connectivity index (χ0) is 24.5. The van der Waals surface area contributed by atoms with Crippen molar-refractivity contribution in [3.63, 3.8) is 0 Å². The molecule has 2 fully saturated rings. The molecule has 0 spiro atoms. The van der Waals surface area contributed by atoms with Gasteiger partial charge in [-0.25, -0.2) is 17.2 Å². The molecule has 0 saturated carbocycles. The third-order valence-electron chi connectivity index (χ3n) is 6.47. The number of benzene rings is 2. The lowest BCUT2D eigenvalue weighted by molar-refractivity contribution is 0.0588. The molecule has 9 heteroatoms. The molecule has 2 atom stereocenters. The number of amides is 1. The van der Waals surface area contributed by atoms with Crippen molar-refractivity contribution < 1.29 is 26.7 Å². The first-order valence-corrected chi connectivity index (χ1v) is 13.1. The molecule has 2 aromatic carbocycles. The highest BCUT2D eigenvalue weighted by Gasteiger charge is 2.32. The van der Waals surface area contributed by atoms with Gasteiger partial charge in [0.15, 0.2) is 11.6 Å². The van der Waals surface area contributed by atoms with E-state index in [-0.39, 0.29) is 34.5 Å². The Labute approximate surface area is 199 Å². The van der Waals surface area contributed by atoms with Crippen molar-refractivity contribution in [2.45, 2.75) is 44.1 Å². The van der Waals surface area contributed by atoms with Crippen molar-refractivity contribution in [1.29, 1.82) is 0 Å². The standard InChI is InChI=1S/C25H30F2N2O4S/c1-17-12-18(2)16-29(15-17)34(31,32)22-5-3-4-19(13-22)25(30)28-10-8-21(9-11-28)33-24-7-6-20(26)14-23(24)27/h3-7,13-14,17-18,21H,8-12,15-16H2,1-2H3. The third-order valence-corrected chi connectivity index (χ3v) is 8.30. The summed E-state index contributed by atoms with van der Waals surface area (Å²) in [6.07, 6.45) is 1.69. The molecule has 2 heterocycles. The number of halogens is 2. The minimum absolute atomic E-state index is 0.00886. The van der Waals surface area contributed by atoms with Crippen LogP contribution in [0.1, 0.15) is 43.5 Å². The number of carbonyl (C=O) groups is 1. The van der Waals surface area contributed by atoms with E-state index in [4.69, 9.17) is 4.74 Å². The highest BCUT2D eigenvalue weighted by molar-refractivity contribution is 7.89. The molecule has 0 radical (unpaired) electrons. The van der Waals surface area contributed by atoms with Gasteiger partial charge in [0.25, 0.3) is 5.91 Å². The molecule has 2 aliphatic heterocycles. The number of carbonyl (C=O) groups excluding carboxylic acids is 1. The summed E-state index contributed by atoms with van der Waals surface area (Å²) in [6.45, 7) is 5.85. The van der Waals surface area contributed by atoms with Gasteiger partial charge < -0.3 is 9.64 Å². The monoisotopic (exact) mass is 492 g/mol. The molecule has 184 valence electrons. The molecule has 4 rings (SSSR count). The summed E-state index contributed by atoms with van der Waals surface area (Å²) in [6, 6.07) is 9.40. The summed E-state index contributed by atoms with van der Waals surface area (Å²) in [5, 5.41) is 0. The molecule has 6 nitrogen and oxygen atoms in total. The van der Waals surface area contributed by atoms with E-state index >= 15 is 0 Å². The van der Waals surface area contributed by atoms with Gasteiger partial charge in [-0.3, -0.25) is 4.79 Å². The largest absolute Gasteiger partial charge is 0.487 e. The Morgan fingerprint density at radius 2 is 1.68 bits per heavy atom. The molecule has 2 unspecified atom stereocenters. The average molecular weight is 493 g/mol. The number of hydrogen-bond acceptors (Lipinski definition) is 4. The number of rotatable bonds is 5. The van der Waals surface area contributed by atoms with Crippen LogP contribution in [-0.4, -0.2) is 55.8 Å². The van der Waals surface area contributed by atoms with Gasteiger partial charge in [-0.1, -0.05) is 19.9 Å². The van der Waals surface area contributed by atoms with Gasteiger partial charge >= 0.3 is 0 Å². The second-order valence-electron chi connectivity index (χ2n) is 9.48. The Hall–Kier alpha value is -2.52. The Bertz CT molecular complexity index is 1140. The van der Waals surface area contributed by atoms with E-state index < -0.39 is 21.7 Å². The Morgan fingerprint density at radius 3 is 2.32 bits per heavy atom. The van der Waals surface area contributed by atoms with Crippen LogP contribution in [0.15, 0.2) is 47.4 Å². The quantitative estimate of drug-likeness (QED) is 0.624. The minimum atomic E-state index is -3.68. The number of likely N-dealkylation sites (tertiary alicyclic amines) is 1. The lowest BCUT2D eigenvalue weighted by Gasteiger charge is -2.34. The van der Waals surface area contributed by atoms with Crippen molar-refractivity contribution in [1.82, 2.24) is 9.21 Å². The van der Waals surface area contributed by atoms with Gasteiger partial charge in [0.1, 0.15) is 11.9 Å². The molecule has 0 N–H and O–H groups in total. The number of hydrogen-bond donors (Lipinski definition) is 0. The van der Waals surface area contributed by atoms with E-state index in [0.717, 1.165) is 18.6 Å².